The summed E-state index contributed by atoms with van der Waals surface area (Å²) in [5.74, 6) is -0.325. The Labute approximate surface area is 96.6 Å². The van der Waals surface area contributed by atoms with Gasteiger partial charge in [-0.25, -0.2) is 0 Å². The van der Waals surface area contributed by atoms with Gasteiger partial charge >= 0.3 is 5.82 Å². The molecule has 1 fully saturated rings. The van der Waals surface area contributed by atoms with Gasteiger partial charge in [-0.2, -0.15) is 9.94 Å². The van der Waals surface area contributed by atoms with E-state index in [0.29, 0.717) is 13.0 Å². The monoisotopic (exact) mass is 240 g/mol. The molecule has 1 aliphatic carbocycles. The average Bonchev–Trinajstić information content (AvgIpc) is 2.83. The van der Waals surface area contributed by atoms with Gasteiger partial charge in [0.05, 0.1) is 23.9 Å². The molecule has 0 unspecified atom stereocenters. The molecule has 1 aromatic rings. The van der Waals surface area contributed by atoms with Crippen LogP contribution in [0.2, 0.25) is 5.02 Å². The van der Waals surface area contributed by atoms with Crippen LogP contribution >= 0.6 is 11.6 Å². The molecular formula is C9H9ClN4O2. The summed E-state index contributed by atoms with van der Waals surface area (Å²) in [5, 5.41) is 23.0. The normalized spacial score (nSPS) is 16.8. The minimum absolute atomic E-state index is 0.0396. The molecule has 16 heavy (non-hydrogen) atoms. The van der Waals surface area contributed by atoms with E-state index in [4.69, 9.17) is 16.9 Å². The fourth-order valence-electron chi connectivity index (χ4n) is 1.67. The Morgan fingerprint density at radius 3 is 2.88 bits per heavy atom. The lowest BCUT2D eigenvalue weighted by Crippen LogP contribution is -2.11. The van der Waals surface area contributed by atoms with Crippen LogP contribution in [-0.4, -0.2) is 14.7 Å². The van der Waals surface area contributed by atoms with Crippen molar-refractivity contribution < 1.29 is 4.92 Å². The molecule has 0 amide bonds. The quantitative estimate of drug-likeness (QED) is 0.596. The van der Waals surface area contributed by atoms with Gasteiger partial charge < -0.3 is 10.1 Å². The highest BCUT2D eigenvalue weighted by atomic mass is 35.5. The molecule has 84 valence electrons. The van der Waals surface area contributed by atoms with Crippen LogP contribution in [0.1, 0.15) is 19.3 Å². The van der Waals surface area contributed by atoms with E-state index in [-0.39, 0.29) is 16.3 Å². The summed E-state index contributed by atoms with van der Waals surface area (Å²) in [6.45, 7) is 0.522. The van der Waals surface area contributed by atoms with Gasteiger partial charge in [0.2, 0.25) is 0 Å². The van der Waals surface area contributed by atoms with Crippen molar-refractivity contribution in [2.75, 3.05) is 0 Å². The minimum Gasteiger partial charge on any atom is -0.358 e. The van der Waals surface area contributed by atoms with Gasteiger partial charge in [-0.05, 0) is 17.8 Å². The fraction of sp³-hybridized carbons (Fsp3) is 0.556. The molecule has 6 nitrogen and oxygen atoms in total. The molecule has 0 bridgehead atoms. The van der Waals surface area contributed by atoms with Crippen molar-refractivity contribution in [1.82, 2.24) is 9.78 Å². The van der Waals surface area contributed by atoms with E-state index in [1.807, 2.05) is 0 Å². The number of hydrogen-bond acceptors (Lipinski definition) is 4. The SMILES string of the molecule is N#CCC1(Cn2cc(Cl)c([N+](=O)[O-])n2)CC1. The first-order chi connectivity index (χ1) is 7.56. The summed E-state index contributed by atoms with van der Waals surface area (Å²) in [7, 11) is 0. The maximum Gasteiger partial charge on any atom is 0.408 e. The summed E-state index contributed by atoms with van der Waals surface area (Å²) in [6.07, 6.45) is 3.83. The number of halogens is 1. The van der Waals surface area contributed by atoms with Crippen LogP contribution < -0.4 is 0 Å². The van der Waals surface area contributed by atoms with E-state index in [9.17, 15) is 10.1 Å². The van der Waals surface area contributed by atoms with E-state index in [1.54, 1.807) is 0 Å². The van der Waals surface area contributed by atoms with Gasteiger partial charge in [0.15, 0.2) is 5.02 Å². The first-order valence-electron chi connectivity index (χ1n) is 4.81. The van der Waals surface area contributed by atoms with Gasteiger partial charge in [-0.1, -0.05) is 11.6 Å². The summed E-state index contributed by atoms with van der Waals surface area (Å²) >= 11 is 5.68. The maximum atomic E-state index is 10.5. The van der Waals surface area contributed by atoms with E-state index in [0.717, 1.165) is 12.8 Å². The molecule has 0 N–H and O–H groups in total. The van der Waals surface area contributed by atoms with Crippen molar-refractivity contribution in [3.63, 3.8) is 0 Å². The smallest absolute Gasteiger partial charge is 0.358 e. The second kappa shape index (κ2) is 3.76. The minimum atomic E-state index is -0.608. The van der Waals surface area contributed by atoms with Gasteiger partial charge in [0.1, 0.15) is 0 Å². The highest BCUT2D eigenvalue weighted by molar-refractivity contribution is 6.32. The highest BCUT2D eigenvalue weighted by Crippen LogP contribution is 2.50. The van der Waals surface area contributed by atoms with E-state index in [2.05, 4.69) is 11.2 Å². The van der Waals surface area contributed by atoms with Crippen LogP contribution in [-0.2, 0) is 6.54 Å². The predicted octanol–water partition coefficient (Wildman–Crippen LogP) is 2.14. The largest absolute Gasteiger partial charge is 0.408 e. The third-order valence-electron chi connectivity index (χ3n) is 2.78. The van der Waals surface area contributed by atoms with Crippen molar-refractivity contribution >= 4 is 17.4 Å². The molecule has 1 saturated carbocycles. The number of nitro groups is 1. The molecule has 2 rings (SSSR count). The van der Waals surface area contributed by atoms with Crippen molar-refractivity contribution in [3.8, 4) is 6.07 Å². The Hall–Kier alpha value is -1.61. The number of rotatable bonds is 4. The maximum absolute atomic E-state index is 10.5. The zero-order valence-electron chi connectivity index (χ0n) is 8.39. The van der Waals surface area contributed by atoms with Crippen LogP contribution in [0.5, 0.6) is 0 Å². The zero-order chi connectivity index (χ0) is 11.8. The first kappa shape index (κ1) is 10.9. The molecular weight excluding hydrogens is 232 g/mol. The van der Waals surface area contributed by atoms with Crippen molar-refractivity contribution in [3.05, 3.63) is 21.3 Å². The molecule has 0 aromatic carbocycles. The third kappa shape index (κ3) is 1.99. The number of aromatic nitrogens is 2. The number of nitrogens with zero attached hydrogens (tertiary/aromatic N) is 4. The van der Waals surface area contributed by atoms with Gasteiger partial charge in [-0.3, -0.25) is 0 Å². The van der Waals surface area contributed by atoms with Gasteiger partial charge in [-0.15, -0.1) is 0 Å². The Morgan fingerprint density at radius 2 is 2.44 bits per heavy atom. The second-order valence-electron chi connectivity index (χ2n) is 4.09. The molecule has 0 aliphatic heterocycles. The molecule has 0 saturated heterocycles. The lowest BCUT2D eigenvalue weighted by molar-refractivity contribution is -0.389. The Balaban J connectivity index is 2.14. The molecule has 1 heterocycles. The van der Waals surface area contributed by atoms with E-state index >= 15 is 0 Å². The molecule has 7 heteroatoms. The third-order valence-corrected chi connectivity index (χ3v) is 3.05. The van der Waals surface area contributed by atoms with Crippen molar-refractivity contribution in [2.45, 2.75) is 25.8 Å². The fourth-order valence-corrected chi connectivity index (χ4v) is 1.89. The average molecular weight is 241 g/mol. The van der Waals surface area contributed by atoms with Gasteiger partial charge in [0, 0.05) is 11.8 Å². The molecule has 0 atom stereocenters. The highest BCUT2D eigenvalue weighted by Gasteiger charge is 2.44. The second-order valence-corrected chi connectivity index (χ2v) is 4.50. The Morgan fingerprint density at radius 1 is 1.75 bits per heavy atom. The van der Waals surface area contributed by atoms with Gasteiger partial charge in [0.25, 0.3) is 0 Å². The van der Waals surface area contributed by atoms with E-state index < -0.39 is 4.92 Å². The van der Waals surface area contributed by atoms with Crippen molar-refractivity contribution in [2.24, 2.45) is 5.41 Å². The summed E-state index contributed by atoms with van der Waals surface area (Å²) in [5.41, 5.74) is -0.0437. The van der Waals surface area contributed by atoms with E-state index in [1.165, 1.54) is 10.9 Å². The first-order valence-corrected chi connectivity index (χ1v) is 5.18. The van der Waals surface area contributed by atoms with Crippen LogP contribution in [0, 0.1) is 26.9 Å². The molecule has 1 aromatic heterocycles. The topological polar surface area (TPSA) is 84.8 Å². The zero-order valence-corrected chi connectivity index (χ0v) is 9.15. The lowest BCUT2D eigenvalue weighted by Gasteiger charge is -2.06. The van der Waals surface area contributed by atoms with Crippen molar-refractivity contribution in [1.29, 1.82) is 5.26 Å². The summed E-state index contributed by atoms with van der Waals surface area (Å²) < 4.78 is 1.46. The lowest BCUT2D eigenvalue weighted by atomic mass is 10.0. The van der Waals surface area contributed by atoms with Crippen LogP contribution in [0.3, 0.4) is 0 Å². The molecule has 1 aliphatic rings. The van der Waals surface area contributed by atoms with Crippen LogP contribution in [0.15, 0.2) is 6.20 Å². The summed E-state index contributed by atoms with van der Waals surface area (Å²) in [4.78, 5) is 9.93. The van der Waals surface area contributed by atoms with Crippen LogP contribution in [0.4, 0.5) is 5.82 Å². The Bertz CT molecular complexity index is 472. The standard InChI is InChI=1S/C9H9ClN4O2/c10-7-5-13(12-8(7)14(15)16)6-9(1-2-9)3-4-11/h5H,1-3,6H2. The number of nitriles is 1. The molecule has 0 radical (unpaired) electrons. The predicted molar refractivity (Wildman–Crippen MR) is 55.8 cm³/mol. The summed E-state index contributed by atoms with van der Waals surface area (Å²) in [6, 6.07) is 2.13. The number of hydrogen-bond donors (Lipinski definition) is 0. The molecule has 0 spiro atoms. The van der Waals surface area contributed by atoms with Crippen LogP contribution in [0.25, 0.3) is 0 Å². The Kier molecular flexibility index (Phi) is 2.56.